The molecule has 0 fully saturated rings. The summed E-state index contributed by atoms with van der Waals surface area (Å²) in [6.07, 6.45) is 3.04. The predicted octanol–water partition coefficient (Wildman–Crippen LogP) is 1.78. The molecular formula is C10H19NO2. The Morgan fingerprint density at radius 3 is 2.38 bits per heavy atom. The summed E-state index contributed by atoms with van der Waals surface area (Å²) in [7, 11) is 0. The van der Waals surface area contributed by atoms with Crippen LogP contribution >= 0.6 is 0 Å². The van der Waals surface area contributed by atoms with Crippen LogP contribution in [0.25, 0.3) is 0 Å². The average molecular weight is 185 g/mol. The summed E-state index contributed by atoms with van der Waals surface area (Å²) in [5.74, 6) is -0.830. The van der Waals surface area contributed by atoms with Gasteiger partial charge in [0.05, 0.1) is 0 Å². The van der Waals surface area contributed by atoms with Gasteiger partial charge in [-0.1, -0.05) is 26.8 Å². The van der Waals surface area contributed by atoms with Crippen molar-refractivity contribution in [3.63, 3.8) is 0 Å². The number of hydrogen-bond acceptors (Lipinski definition) is 2. The van der Waals surface area contributed by atoms with E-state index in [1.54, 1.807) is 6.08 Å². The van der Waals surface area contributed by atoms with Gasteiger partial charge in [-0.2, -0.15) is 0 Å². The van der Waals surface area contributed by atoms with Gasteiger partial charge in [0.25, 0.3) is 0 Å². The molecule has 0 spiro atoms. The molecule has 0 aromatic rings. The van der Waals surface area contributed by atoms with Gasteiger partial charge in [0.15, 0.2) is 0 Å². The molecule has 0 bridgehead atoms. The Balaban J connectivity index is 4.44. The first-order valence-electron chi connectivity index (χ1n) is 4.55. The zero-order chi connectivity index (χ0) is 10.5. The molecule has 0 aromatic carbocycles. The molecule has 3 heteroatoms. The maximum Gasteiger partial charge on any atom is 0.331 e. The van der Waals surface area contributed by atoms with Gasteiger partial charge < -0.3 is 10.8 Å². The molecule has 3 nitrogen and oxygen atoms in total. The minimum atomic E-state index is -0.830. The fraction of sp³-hybridized carbons (Fsp3) is 0.700. The zero-order valence-electron chi connectivity index (χ0n) is 8.63. The van der Waals surface area contributed by atoms with E-state index in [0.29, 0.717) is 18.5 Å². The van der Waals surface area contributed by atoms with E-state index in [-0.39, 0.29) is 5.41 Å². The van der Waals surface area contributed by atoms with Crippen LogP contribution in [0, 0.1) is 5.41 Å². The van der Waals surface area contributed by atoms with Crippen molar-refractivity contribution in [2.45, 2.75) is 33.6 Å². The third kappa shape index (κ3) is 4.68. The molecule has 0 unspecified atom stereocenters. The summed E-state index contributed by atoms with van der Waals surface area (Å²) >= 11 is 0. The van der Waals surface area contributed by atoms with E-state index in [0.717, 1.165) is 6.42 Å². The van der Waals surface area contributed by atoms with Crippen LogP contribution in [-0.2, 0) is 4.79 Å². The quantitative estimate of drug-likeness (QED) is 0.642. The van der Waals surface area contributed by atoms with Crippen molar-refractivity contribution in [1.82, 2.24) is 0 Å². The van der Waals surface area contributed by atoms with Gasteiger partial charge in [-0.15, -0.1) is 0 Å². The van der Waals surface area contributed by atoms with Crippen LogP contribution in [-0.4, -0.2) is 17.6 Å². The smallest absolute Gasteiger partial charge is 0.331 e. The molecule has 0 amide bonds. The highest BCUT2D eigenvalue weighted by Crippen LogP contribution is 2.23. The fourth-order valence-electron chi connectivity index (χ4n) is 1.07. The number of carbonyl (C=O) groups is 1. The van der Waals surface area contributed by atoms with E-state index in [4.69, 9.17) is 10.8 Å². The Hall–Kier alpha value is -0.830. The highest BCUT2D eigenvalue weighted by Gasteiger charge is 2.20. The van der Waals surface area contributed by atoms with E-state index in [9.17, 15) is 4.79 Å². The summed E-state index contributed by atoms with van der Waals surface area (Å²) in [5, 5.41) is 8.85. The maximum atomic E-state index is 10.8. The topological polar surface area (TPSA) is 63.3 Å². The van der Waals surface area contributed by atoms with Gasteiger partial charge in [0, 0.05) is 5.57 Å². The lowest BCUT2D eigenvalue weighted by Crippen LogP contribution is -2.25. The number of nitrogens with two attached hydrogens (primary N) is 1. The van der Waals surface area contributed by atoms with Crippen LogP contribution in [0.1, 0.15) is 33.6 Å². The highest BCUT2D eigenvalue weighted by atomic mass is 16.4. The van der Waals surface area contributed by atoms with Gasteiger partial charge in [-0.05, 0) is 24.8 Å². The van der Waals surface area contributed by atoms with Crippen molar-refractivity contribution in [3.05, 3.63) is 11.6 Å². The van der Waals surface area contributed by atoms with Gasteiger partial charge in [-0.3, -0.25) is 0 Å². The minimum absolute atomic E-state index is 0.126. The van der Waals surface area contributed by atoms with Crippen molar-refractivity contribution < 1.29 is 9.90 Å². The molecule has 0 aliphatic heterocycles. The molecule has 76 valence electrons. The van der Waals surface area contributed by atoms with Crippen molar-refractivity contribution in [1.29, 1.82) is 0 Å². The number of aliphatic carboxylic acids is 1. The Morgan fingerprint density at radius 1 is 1.54 bits per heavy atom. The van der Waals surface area contributed by atoms with E-state index in [2.05, 4.69) is 0 Å². The third-order valence-electron chi connectivity index (χ3n) is 1.95. The summed E-state index contributed by atoms with van der Waals surface area (Å²) in [6.45, 7) is 6.37. The third-order valence-corrected chi connectivity index (χ3v) is 1.95. The number of rotatable bonds is 5. The van der Waals surface area contributed by atoms with E-state index >= 15 is 0 Å². The Bertz CT molecular complexity index is 207. The second-order valence-corrected chi connectivity index (χ2v) is 3.99. The first-order valence-corrected chi connectivity index (χ1v) is 4.55. The van der Waals surface area contributed by atoms with Crippen LogP contribution in [0.3, 0.4) is 0 Å². The molecule has 0 saturated carbocycles. The Kier molecular flexibility index (Phi) is 4.70. The monoisotopic (exact) mass is 185 g/mol. The van der Waals surface area contributed by atoms with E-state index in [1.165, 1.54) is 0 Å². The molecule has 0 heterocycles. The van der Waals surface area contributed by atoms with Gasteiger partial charge in [-0.25, -0.2) is 4.79 Å². The van der Waals surface area contributed by atoms with Crippen LogP contribution in [0.2, 0.25) is 0 Å². The Labute approximate surface area is 79.6 Å². The second kappa shape index (κ2) is 5.02. The van der Waals surface area contributed by atoms with Crippen LogP contribution in [0.15, 0.2) is 11.6 Å². The van der Waals surface area contributed by atoms with Gasteiger partial charge in [0.2, 0.25) is 0 Å². The SMILES string of the molecule is CCC=C(CC(C)(C)CN)C(=O)O. The minimum Gasteiger partial charge on any atom is -0.478 e. The molecule has 0 aliphatic carbocycles. The van der Waals surface area contributed by atoms with E-state index < -0.39 is 5.97 Å². The lowest BCUT2D eigenvalue weighted by Gasteiger charge is -2.22. The first-order chi connectivity index (χ1) is 5.93. The van der Waals surface area contributed by atoms with Crippen LogP contribution in [0.4, 0.5) is 0 Å². The molecular weight excluding hydrogens is 166 g/mol. The number of carboxylic acids is 1. The van der Waals surface area contributed by atoms with Crippen LogP contribution in [0.5, 0.6) is 0 Å². The molecule has 0 saturated heterocycles. The predicted molar refractivity (Wildman–Crippen MR) is 53.5 cm³/mol. The molecule has 0 radical (unpaired) electrons. The number of carboxylic acid groups (broad SMARTS) is 1. The highest BCUT2D eigenvalue weighted by molar-refractivity contribution is 5.86. The lowest BCUT2D eigenvalue weighted by molar-refractivity contribution is -0.133. The molecule has 3 N–H and O–H groups in total. The molecule has 0 atom stereocenters. The van der Waals surface area contributed by atoms with Crippen molar-refractivity contribution >= 4 is 5.97 Å². The normalized spacial score (nSPS) is 13.1. The summed E-state index contributed by atoms with van der Waals surface area (Å²) in [5.41, 5.74) is 5.88. The second-order valence-electron chi connectivity index (χ2n) is 3.99. The van der Waals surface area contributed by atoms with Crippen molar-refractivity contribution in [2.24, 2.45) is 11.1 Å². The molecule has 0 aromatic heterocycles. The number of allylic oxidation sites excluding steroid dienone is 1. The first kappa shape index (κ1) is 12.2. The fourth-order valence-corrected chi connectivity index (χ4v) is 1.07. The standard InChI is InChI=1S/C10H19NO2/c1-4-5-8(9(12)13)6-10(2,3)7-11/h5H,4,6-7,11H2,1-3H3,(H,12,13). The van der Waals surface area contributed by atoms with E-state index in [1.807, 2.05) is 20.8 Å². The zero-order valence-corrected chi connectivity index (χ0v) is 8.63. The molecule has 0 aliphatic rings. The summed E-state index contributed by atoms with van der Waals surface area (Å²) in [4.78, 5) is 10.8. The van der Waals surface area contributed by atoms with Crippen molar-refractivity contribution in [3.8, 4) is 0 Å². The average Bonchev–Trinajstić information content (AvgIpc) is 2.03. The maximum absolute atomic E-state index is 10.8. The Morgan fingerprint density at radius 2 is 2.08 bits per heavy atom. The van der Waals surface area contributed by atoms with Gasteiger partial charge in [0.1, 0.15) is 0 Å². The molecule has 13 heavy (non-hydrogen) atoms. The summed E-state index contributed by atoms with van der Waals surface area (Å²) in [6, 6.07) is 0. The number of hydrogen-bond donors (Lipinski definition) is 2. The van der Waals surface area contributed by atoms with Gasteiger partial charge >= 0.3 is 5.97 Å². The molecule has 0 rings (SSSR count). The lowest BCUT2D eigenvalue weighted by atomic mass is 9.85. The largest absolute Gasteiger partial charge is 0.478 e. The van der Waals surface area contributed by atoms with Crippen molar-refractivity contribution in [2.75, 3.05) is 6.54 Å². The van der Waals surface area contributed by atoms with Crippen LogP contribution < -0.4 is 5.73 Å². The summed E-state index contributed by atoms with van der Waals surface area (Å²) < 4.78 is 0.